The highest BCUT2D eigenvalue weighted by Crippen LogP contribution is 2.22. The van der Waals surface area contributed by atoms with Crippen LogP contribution in [0.3, 0.4) is 0 Å². The Morgan fingerprint density at radius 1 is 1.35 bits per heavy atom. The lowest BCUT2D eigenvalue weighted by atomic mass is 10.1. The van der Waals surface area contributed by atoms with Crippen LogP contribution in [0.1, 0.15) is 30.9 Å². The van der Waals surface area contributed by atoms with Crippen molar-refractivity contribution in [3.63, 3.8) is 0 Å². The molecule has 1 aromatic heterocycles. The number of carbonyl (C=O) groups is 2. The fourth-order valence-corrected chi connectivity index (χ4v) is 1.85. The molecular weight excluding hydrogens is 222 g/mol. The van der Waals surface area contributed by atoms with E-state index >= 15 is 0 Å². The molecule has 1 aromatic rings. The van der Waals surface area contributed by atoms with Gasteiger partial charge in [-0.3, -0.25) is 9.69 Å². The zero-order valence-corrected chi connectivity index (χ0v) is 10.3. The minimum Gasteiger partial charge on any atom is -0.361 e. The van der Waals surface area contributed by atoms with Crippen molar-refractivity contribution in [3.8, 4) is 0 Å². The van der Waals surface area contributed by atoms with Crippen LogP contribution in [-0.4, -0.2) is 27.5 Å². The van der Waals surface area contributed by atoms with Gasteiger partial charge in [-0.25, -0.2) is 4.79 Å². The van der Waals surface area contributed by atoms with Gasteiger partial charge in [0.25, 0.3) is 5.91 Å². The normalized spacial score (nSPS) is 18.7. The third kappa shape index (κ3) is 1.79. The Balaban J connectivity index is 2.26. The van der Waals surface area contributed by atoms with E-state index in [9.17, 15) is 9.59 Å². The van der Waals surface area contributed by atoms with Gasteiger partial charge in [0.1, 0.15) is 11.3 Å². The first-order valence-corrected chi connectivity index (χ1v) is 5.39. The molecule has 0 radical (unpaired) electrons. The van der Waals surface area contributed by atoms with E-state index in [4.69, 9.17) is 4.52 Å². The summed E-state index contributed by atoms with van der Waals surface area (Å²) in [5.41, 5.74) is 0.648. The van der Waals surface area contributed by atoms with Gasteiger partial charge in [0.2, 0.25) is 0 Å². The van der Waals surface area contributed by atoms with Crippen molar-refractivity contribution in [3.05, 3.63) is 17.0 Å². The van der Waals surface area contributed by atoms with Crippen molar-refractivity contribution in [1.29, 1.82) is 0 Å². The second-order valence-corrected chi connectivity index (χ2v) is 4.75. The average molecular weight is 237 g/mol. The van der Waals surface area contributed by atoms with Gasteiger partial charge < -0.3 is 9.84 Å². The summed E-state index contributed by atoms with van der Waals surface area (Å²) in [6, 6.07) is -0.375. The van der Waals surface area contributed by atoms with Crippen molar-refractivity contribution in [1.82, 2.24) is 15.4 Å². The summed E-state index contributed by atoms with van der Waals surface area (Å²) in [4.78, 5) is 24.9. The quantitative estimate of drug-likeness (QED) is 0.782. The monoisotopic (exact) mass is 237 g/mol. The molecule has 92 valence electrons. The summed E-state index contributed by atoms with van der Waals surface area (Å²) in [5, 5.41) is 6.43. The molecule has 1 N–H and O–H groups in total. The van der Waals surface area contributed by atoms with Gasteiger partial charge in [-0.15, -0.1) is 0 Å². The molecule has 17 heavy (non-hydrogen) atoms. The van der Waals surface area contributed by atoms with Crippen LogP contribution < -0.4 is 5.32 Å². The van der Waals surface area contributed by atoms with Crippen LogP contribution in [0.4, 0.5) is 4.79 Å². The second-order valence-electron chi connectivity index (χ2n) is 4.75. The molecule has 2 rings (SSSR count). The molecule has 2 heterocycles. The number of nitrogens with one attached hydrogen (secondary N) is 1. The standard InChI is InChI=1S/C11H15N3O3/c1-6-8(7(2)17-13-6)5-14-9(15)11(3,4)12-10(14)16/h5H2,1-4H3,(H,12,16). The van der Waals surface area contributed by atoms with Crippen LogP contribution in [0.25, 0.3) is 0 Å². The number of hydrogen-bond donors (Lipinski definition) is 1. The predicted molar refractivity (Wildman–Crippen MR) is 59.1 cm³/mol. The van der Waals surface area contributed by atoms with Gasteiger partial charge in [-0.05, 0) is 27.7 Å². The summed E-state index contributed by atoms with van der Waals surface area (Å²) in [5.74, 6) is 0.398. The Morgan fingerprint density at radius 3 is 2.41 bits per heavy atom. The summed E-state index contributed by atoms with van der Waals surface area (Å²) in [7, 11) is 0. The number of imide groups is 1. The molecule has 6 nitrogen and oxygen atoms in total. The number of aryl methyl sites for hydroxylation is 2. The SMILES string of the molecule is Cc1noc(C)c1CN1C(=O)NC(C)(C)C1=O. The van der Waals surface area contributed by atoms with E-state index in [0.29, 0.717) is 11.5 Å². The van der Waals surface area contributed by atoms with Gasteiger partial charge in [0.05, 0.1) is 12.2 Å². The van der Waals surface area contributed by atoms with E-state index in [1.54, 1.807) is 27.7 Å². The molecular formula is C11H15N3O3. The maximum Gasteiger partial charge on any atom is 0.325 e. The molecule has 0 aromatic carbocycles. The molecule has 3 amide bonds. The molecule has 1 aliphatic heterocycles. The van der Waals surface area contributed by atoms with E-state index in [2.05, 4.69) is 10.5 Å². The Bertz CT molecular complexity index is 471. The first-order valence-electron chi connectivity index (χ1n) is 5.39. The molecule has 1 aliphatic rings. The first kappa shape index (κ1) is 11.6. The highest BCUT2D eigenvalue weighted by atomic mass is 16.5. The van der Waals surface area contributed by atoms with Crippen molar-refractivity contribution < 1.29 is 14.1 Å². The summed E-state index contributed by atoms with van der Waals surface area (Å²) in [6.45, 7) is 7.12. The van der Waals surface area contributed by atoms with Crippen LogP contribution >= 0.6 is 0 Å². The Kier molecular flexibility index (Phi) is 2.45. The molecule has 1 saturated heterocycles. The maximum absolute atomic E-state index is 12.0. The molecule has 0 spiro atoms. The number of aromatic nitrogens is 1. The lowest BCUT2D eigenvalue weighted by Gasteiger charge is -2.15. The van der Waals surface area contributed by atoms with Gasteiger partial charge in [0, 0.05) is 5.56 Å². The van der Waals surface area contributed by atoms with Gasteiger partial charge in [-0.1, -0.05) is 5.16 Å². The van der Waals surface area contributed by atoms with Gasteiger partial charge >= 0.3 is 6.03 Å². The largest absolute Gasteiger partial charge is 0.361 e. The van der Waals surface area contributed by atoms with Crippen LogP contribution in [0.2, 0.25) is 0 Å². The lowest BCUT2D eigenvalue weighted by molar-refractivity contribution is -0.130. The molecule has 0 atom stereocenters. The van der Waals surface area contributed by atoms with E-state index in [0.717, 1.165) is 5.56 Å². The number of nitrogens with zero attached hydrogens (tertiary/aromatic N) is 2. The smallest absolute Gasteiger partial charge is 0.325 e. The van der Waals surface area contributed by atoms with E-state index in [1.807, 2.05) is 0 Å². The van der Waals surface area contributed by atoms with Crippen LogP contribution in [0, 0.1) is 13.8 Å². The topological polar surface area (TPSA) is 75.4 Å². The summed E-state index contributed by atoms with van der Waals surface area (Å²) >= 11 is 0. The van der Waals surface area contributed by atoms with Crippen LogP contribution in [-0.2, 0) is 11.3 Å². The molecule has 1 fully saturated rings. The lowest BCUT2D eigenvalue weighted by Crippen LogP contribution is -2.40. The molecule has 0 bridgehead atoms. The highest BCUT2D eigenvalue weighted by Gasteiger charge is 2.44. The van der Waals surface area contributed by atoms with E-state index in [1.165, 1.54) is 4.90 Å². The summed E-state index contributed by atoms with van der Waals surface area (Å²) in [6.07, 6.45) is 0. The molecule has 0 saturated carbocycles. The van der Waals surface area contributed by atoms with Crippen LogP contribution in [0.15, 0.2) is 4.52 Å². The van der Waals surface area contributed by atoms with Crippen molar-refractivity contribution in [2.45, 2.75) is 39.8 Å². The number of rotatable bonds is 2. The predicted octanol–water partition coefficient (Wildman–Crippen LogP) is 1.12. The van der Waals surface area contributed by atoms with Crippen LogP contribution in [0.5, 0.6) is 0 Å². The van der Waals surface area contributed by atoms with Crippen molar-refractivity contribution in [2.24, 2.45) is 0 Å². The third-order valence-corrected chi connectivity index (χ3v) is 2.94. The van der Waals surface area contributed by atoms with Gasteiger partial charge in [-0.2, -0.15) is 0 Å². The van der Waals surface area contributed by atoms with E-state index < -0.39 is 5.54 Å². The van der Waals surface area contributed by atoms with Crippen molar-refractivity contribution >= 4 is 11.9 Å². The fourth-order valence-electron chi connectivity index (χ4n) is 1.85. The zero-order valence-electron chi connectivity index (χ0n) is 10.3. The molecule has 0 unspecified atom stereocenters. The minimum absolute atomic E-state index is 0.204. The Labute approximate surface area is 98.9 Å². The van der Waals surface area contributed by atoms with Crippen molar-refractivity contribution in [2.75, 3.05) is 0 Å². The maximum atomic E-state index is 12.0. The fraction of sp³-hybridized carbons (Fsp3) is 0.545. The first-order chi connectivity index (χ1) is 7.83. The molecule has 0 aliphatic carbocycles. The minimum atomic E-state index is -0.837. The number of urea groups is 1. The Morgan fingerprint density at radius 2 is 2.00 bits per heavy atom. The average Bonchev–Trinajstić information content (AvgIpc) is 2.62. The van der Waals surface area contributed by atoms with Gasteiger partial charge in [0.15, 0.2) is 0 Å². The summed E-state index contributed by atoms with van der Waals surface area (Å²) < 4.78 is 5.01. The number of carbonyl (C=O) groups excluding carboxylic acids is 2. The molecule has 6 heteroatoms. The number of amides is 3. The highest BCUT2D eigenvalue weighted by molar-refractivity contribution is 6.06. The zero-order chi connectivity index (χ0) is 12.8. The van der Waals surface area contributed by atoms with E-state index in [-0.39, 0.29) is 18.5 Å². The number of hydrogen-bond acceptors (Lipinski definition) is 4. The third-order valence-electron chi connectivity index (χ3n) is 2.94. The Hall–Kier alpha value is -1.85. The second kappa shape index (κ2) is 3.58.